The molecule has 112 valence electrons. The molecule has 0 saturated heterocycles. The molecular weight excluding hydrogens is 290 g/mol. The molecule has 1 aliphatic rings. The van der Waals surface area contributed by atoms with Gasteiger partial charge in [0.15, 0.2) is 0 Å². The summed E-state index contributed by atoms with van der Waals surface area (Å²) in [5, 5.41) is 9.11. The molecule has 0 spiro atoms. The number of hydrogen-bond donors (Lipinski definition) is 1. The van der Waals surface area contributed by atoms with E-state index in [2.05, 4.69) is 5.92 Å². The number of nitrogens with zero attached hydrogens (tertiary/aromatic N) is 1. The molecule has 5 nitrogen and oxygen atoms in total. The Hall–Kier alpha value is -1.84. The minimum absolute atomic E-state index is 0.00439. The van der Waals surface area contributed by atoms with Crippen molar-refractivity contribution in [1.29, 1.82) is 0 Å². The van der Waals surface area contributed by atoms with E-state index in [-0.39, 0.29) is 22.6 Å². The second-order valence-electron chi connectivity index (χ2n) is 5.18. The monoisotopic (exact) mass is 307 g/mol. The molecule has 1 aromatic carbocycles. The third kappa shape index (κ3) is 3.26. The van der Waals surface area contributed by atoms with Gasteiger partial charge in [0.25, 0.3) is 0 Å². The van der Waals surface area contributed by atoms with Crippen LogP contribution >= 0.6 is 0 Å². The predicted octanol–water partition coefficient (Wildman–Crippen LogP) is 1.73. The summed E-state index contributed by atoms with van der Waals surface area (Å²) in [6.45, 7) is 1.89. The van der Waals surface area contributed by atoms with Crippen molar-refractivity contribution >= 4 is 16.0 Å². The lowest BCUT2D eigenvalue weighted by Gasteiger charge is -2.21. The minimum atomic E-state index is -3.78. The normalized spacial score (nSPS) is 14.9. The molecule has 0 atom stereocenters. The Morgan fingerprint density at radius 1 is 1.48 bits per heavy atom. The van der Waals surface area contributed by atoms with Crippen molar-refractivity contribution < 1.29 is 18.3 Å². The molecule has 0 radical (unpaired) electrons. The van der Waals surface area contributed by atoms with E-state index in [9.17, 15) is 13.2 Å². The number of carboxylic acid groups (broad SMARTS) is 1. The Labute approximate surface area is 124 Å². The summed E-state index contributed by atoms with van der Waals surface area (Å²) in [6, 6.07) is 4.26. The van der Waals surface area contributed by atoms with Crippen LogP contribution in [0.2, 0.25) is 0 Å². The number of hydrogen-bond acceptors (Lipinski definition) is 3. The van der Waals surface area contributed by atoms with Crippen molar-refractivity contribution in [2.24, 2.45) is 5.92 Å². The lowest BCUT2D eigenvalue weighted by atomic mass is 10.1. The van der Waals surface area contributed by atoms with E-state index < -0.39 is 16.0 Å². The van der Waals surface area contributed by atoms with Gasteiger partial charge in [-0.05, 0) is 43.4 Å². The molecule has 21 heavy (non-hydrogen) atoms. The van der Waals surface area contributed by atoms with E-state index in [0.29, 0.717) is 12.5 Å². The highest BCUT2D eigenvalue weighted by Crippen LogP contribution is 2.32. The largest absolute Gasteiger partial charge is 0.478 e. The molecule has 1 aromatic rings. The number of terminal acetylenes is 1. The maximum absolute atomic E-state index is 12.7. The van der Waals surface area contributed by atoms with Gasteiger partial charge in [-0.1, -0.05) is 12.0 Å². The number of aromatic carboxylic acids is 1. The molecule has 2 rings (SSSR count). The SMILES string of the molecule is C#CCN(CC1CC1)S(=O)(=O)c1cccc(C(=O)O)c1C. The molecule has 0 bridgehead atoms. The topological polar surface area (TPSA) is 74.7 Å². The summed E-state index contributed by atoms with van der Waals surface area (Å²) in [7, 11) is -3.78. The van der Waals surface area contributed by atoms with Gasteiger partial charge in [-0.15, -0.1) is 6.42 Å². The zero-order valence-corrected chi connectivity index (χ0v) is 12.6. The Balaban J connectivity index is 2.44. The molecule has 6 heteroatoms. The van der Waals surface area contributed by atoms with Gasteiger partial charge in [0.1, 0.15) is 0 Å². The van der Waals surface area contributed by atoms with Crippen LogP contribution in [0, 0.1) is 25.2 Å². The molecule has 0 unspecified atom stereocenters. The van der Waals surface area contributed by atoms with Crippen molar-refractivity contribution in [3.63, 3.8) is 0 Å². The molecule has 1 saturated carbocycles. The van der Waals surface area contributed by atoms with E-state index in [1.165, 1.54) is 29.4 Å². The van der Waals surface area contributed by atoms with Crippen LogP contribution in [-0.2, 0) is 10.0 Å². The van der Waals surface area contributed by atoms with Crippen molar-refractivity contribution in [3.05, 3.63) is 29.3 Å². The van der Waals surface area contributed by atoms with Crippen LogP contribution in [0.5, 0.6) is 0 Å². The first-order valence-corrected chi connectivity index (χ1v) is 8.08. The summed E-state index contributed by atoms with van der Waals surface area (Å²) in [5.74, 6) is 1.58. The Morgan fingerprint density at radius 2 is 2.14 bits per heavy atom. The first-order chi connectivity index (χ1) is 9.87. The van der Waals surface area contributed by atoms with Crippen LogP contribution in [0.3, 0.4) is 0 Å². The second-order valence-corrected chi connectivity index (χ2v) is 7.09. The Kier molecular flexibility index (Phi) is 4.35. The molecule has 0 aliphatic heterocycles. The summed E-state index contributed by atoms with van der Waals surface area (Å²) >= 11 is 0. The van der Waals surface area contributed by atoms with E-state index in [1.54, 1.807) is 0 Å². The molecule has 1 N–H and O–H groups in total. The smallest absolute Gasteiger partial charge is 0.335 e. The third-order valence-electron chi connectivity index (χ3n) is 3.56. The standard InChI is InChI=1S/C15H17NO4S/c1-3-9-16(10-12-7-8-12)21(19,20)14-6-4-5-13(11(14)2)15(17)18/h1,4-6,12H,7-10H2,2H3,(H,17,18). The minimum Gasteiger partial charge on any atom is -0.478 e. The fourth-order valence-electron chi connectivity index (χ4n) is 2.20. The van der Waals surface area contributed by atoms with E-state index in [4.69, 9.17) is 11.5 Å². The van der Waals surface area contributed by atoms with Gasteiger partial charge in [-0.2, -0.15) is 4.31 Å². The molecule has 0 amide bonds. The number of sulfonamides is 1. The number of rotatable bonds is 6. The van der Waals surface area contributed by atoms with Crippen molar-refractivity contribution in [2.75, 3.05) is 13.1 Å². The zero-order valence-electron chi connectivity index (χ0n) is 11.7. The highest BCUT2D eigenvalue weighted by atomic mass is 32.2. The van der Waals surface area contributed by atoms with Gasteiger partial charge in [-0.25, -0.2) is 13.2 Å². The highest BCUT2D eigenvalue weighted by molar-refractivity contribution is 7.89. The zero-order chi connectivity index (χ0) is 15.6. The molecule has 0 heterocycles. The van der Waals surface area contributed by atoms with Crippen LogP contribution in [0.25, 0.3) is 0 Å². The third-order valence-corrected chi connectivity index (χ3v) is 5.51. The summed E-state index contributed by atoms with van der Waals surface area (Å²) < 4.78 is 26.7. The molecule has 1 fully saturated rings. The molecule has 0 aromatic heterocycles. The fraction of sp³-hybridized carbons (Fsp3) is 0.400. The average Bonchev–Trinajstić information content (AvgIpc) is 3.22. The first kappa shape index (κ1) is 15.5. The summed E-state index contributed by atoms with van der Waals surface area (Å²) in [4.78, 5) is 11.2. The Bertz CT molecular complexity index is 699. The fourth-order valence-corrected chi connectivity index (χ4v) is 3.88. The van der Waals surface area contributed by atoms with Gasteiger partial charge in [0, 0.05) is 6.54 Å². The van der Waals surface area contributed by atoms with E-state index in [0.717, 1.165) is 12.8 Å². The van der Waals surface area contributed by atoms with Crippen molar-refractivity contribution in [1.82, 2.24) is 4.31 Å². The lowest BCUT2D eigenvalue weighted by molar-refractivity contribution is 0.0696. The summed E-state index contributed by atoms with van der Waals surface area (Å²) in [5.41, 5.74) is 0.228. The predicted molar refractivity (Wildman–Crippen MR) is 78.5 cm³/mol. The van der Waals surface area contributed by atoms with Crippen molar-refractivity contribution in [3.8, 4) is 12.3 Å². The maximum Gasteiger partial charge on any atom is 0.335 e. The average molecular weight is 307 g/mol. The molecular formula is C15H17NO4S. The van der Waals surface area contributed by atoms with Gasteiger partial charge in [-0.3, -0.25) is 0 Å². The van der Waals surface area contributed by atoms with Crippen LogP contribution in [0.15, 0.2) is 23.1 Å². The van der Waals surface area contributed by atoms with E-state index >= 15 is 0 Å². The Morgan fingerprint density at radius 3 is 2.67 bits per heavy atom. The van der Waals surface area contributed by atoms with Crippen molar-refractivity contribution in [2.45, 2.75) is 24.7 Å². The van der Waals surface area contributed by atoms with E-state index in [1.807, 2.05) is 0 Å². The maximum atomic E-state index is 12.7. The van der Waals surface area contributed by atoms with Crippen LogP contribution in [0.4, 0.5) is 0 Å². The number of carbonyl (C=O) groups is 1. The second kappa shape index (κ2) is 5.88. The van der Waals surface area contributed by atoms with Gasteiger partial charge in [0.05, 0.1) is 17.0 Å². The first-order valence-electron chi connectivity index (χ1n) is 6.64. The lowest BCUT2D eigenvalue weighted by Crippen LogP contribution is -2.34. The van der Waals surface area contributed by atoms with Crippen LogP contribution in [0.1, 0.15) is 28.8 Å². The quantitative estimate of drug-likeness (QED) is 0.812. The van der Waals surface area contributed by atoms with Gasteiger partial charge in [0.2, 0.25) is 10.0 Å². The highest BCUT2D eigenvalue weighted by Gasteiger charge is 2.32. The van der Waals surface area contributed by atoms with Crippen LogP contribution in [-0.4, -0.2) is 36.9 Å². The van der Waals surface area contributed by atoms with Gasteiger partial charge >= 0.3 is 5.97 Å². The molecule has 1 aliphatic carbocycles. The number of carboxylic acids is 1. The van der Waals surface area contributed by atoms with Crippen LogP contribution < -0.4 is 0 Å². The van der Waals surface area contributed by atoms with Gasteiger partial charge < -0.3 is 5.11 Å². The summed E-state index contributed by atoms with van der Waals surface area (Å²) in [6.07, 6.45) is 7.28. The number of benzene rings is 1.